The van der Waals surface area contributed by atoms with Crippen molar-refractivity contribution in [3.8, 4) is 0 Å². The average Bonchev–Trinajstić information content (AvgIpc) is 2.33. The lowest BCUT2D eigenvalue weighted by Crippen LogP contribution is -2.37. The molecule has 16 heavy (non-hydrogen) atoms. The molecular formula is C11H17ClN4. The van der Waals surface area contributed by atoms with Crippen LogP contribution in [-0.2, 0) is 0 Å². The van der Waals surface area contributed by atoms with Gasteiger partial charge in [-0.3, -0.25) is 0 Å². The van der Waals surface area contributed by atoms with Gasteiger partial charge in [-0.15, -0.1) is 0 Å². The summed E-state index contributed by atoms with van der Waals surface area (Å²) < 4.78 is 0. The summed E-state index contributed by atoms with van der Waals surface area (Å²) in [5.41, 5.74) is 5.78. The highest BCUT2D eigenvalue weighted by molar-refractivity contribution is 6.32. The molecule has 0 amide bonds. The van der Waals surface area contributed by atoms with Crippen molar-refractivity contribution in [3.63, 3.8) is 0 Å². The molecule has 2 rings (SSSR count). The van der Waals surface area contributed by atoms with Crippen molar-refractivity contribution >= 4 is 17.4 Å². The van der Waals surface area contributed by atoms with Gasteiger partial charge in [-0.05, 0) is 25.3 Å². The summed E-state index contributed by atoms with van der Waals surface area (Å²) >= 11 is 6.02. The second kappa shape index (κ2) is 5.46. The van der Waals surface area contributed by atoms with Crippen molar-refractivity contribution < 1.29 is 0 Å². The number of aromatic nitrogens is 2. The second-order valence-electron chi connectivity index (χ2n) is 4.25. The Labute approximate surface area is 101 Å². The number of halogens is 1. The van der Waals surface area contributed by atoms with Crippen LogP contribution in [0.2, 0.25) is 5.02 Å². The van der Waals surface area contributed by atoms with Crippen LogP contribution in [0.4, 0.5) is 5.82 Å². The van der Waals surface area contributed by atoms with Crippen LogP contribution in [0.15, 0.2) is 12.5 Å². The van der Waals surface area contributed by atoms with Crippen LogP contribution in [0, 0.1) is 5.92 Å². The smallest absolute Gasteiger partial charge is 0.148 e. The van der Waals surface area contributed by atoms with Gasteiger partial charge in [-0.2, -0.15) is 0 Å². The van der Waals surface area contributed by atoms with Gasteiger partial charge in [-0.1, -0.05) is 24.4 Å². The third-order valence-corrected chi connectivity index (χ3v) is 3.48. The maximum absolute atomic E-state index is 6.02. The molecule has 0 bridgehead atoms. The molecule has 0 aliphatic heterocycles. The van der Waals surface area contributed by atoms with Gasteiger partial charge in [0.25, 0.3) is 0 Å². The highest BCUT2D eigenvalue weighted by Gasteiger charge is 2.24. The number of hydrogen-bond acceptors (Lipinski definition) is 4. The Kier molecular flexibility index (Phi) is 3.96. The molecule has 4 nitrogen and oxygen atoms in total. The number of nitrogens with zero attached hydrogens (tertiary/aromatic N) is 2. The van der Waals surface area contributed by atoms with E-state index in [-0.39, 0.29) is 0 Å². The van der Waals surface area contributed by atoms with E-state index < -0.39 is 0 Å². The van der Waals surface area contributed by atoms with Crippen LogP contribution in [0.3, 0.4) is 0 Å². The van der Waals surface area contributed by atoms with E-state index in [2.05, 4.69) is 15.3 Å². The molecule has 0 radical (unpaired) electrons. The zero-order valence-corrected chi connectivity index (χ0v) is 9.95. The molecular weight excluding hydrogens is 224 g/mol. The van der Waals surface area contributed by atoms with Crippen LogP contribution in [0.5, 0.6) is 0 Å². The number of nitrogens with one attached hydrogen (secondary N) is 1. The van der Waals surface area contributed by atoms with Crippen LogP contribution in [0.1, 0.15) is 25.7 Å². The standard InChI is InChI=1S/C11H17ClN4/c12-9-6-14-7-15-11(9)16-10-4-2-1-3-8(10)5-13/h6-8,10H,1-5,13H2,(H,14,15,16). The van der Waals surface area contributed by atoms with Gasteiger partial charge in [0.2, 0.25) is 0 Å². The Morgan fingerprint density at radius 2 is 2.25 bits per heavy atom. The molecule has 1 fully saturated rings. The highest BCUT2D eigenvalue weighted by Crippen LogP contribution is 2.27. The van der Waals surface area contributed by atoms with Crippen LogP contribution >= 0.6 is 11.6 Å². The minimum atomic E-state index is 0.395. The summed E-state index contributed by atoms with van der Waals surface area (Å²) in [7, 11) is 0. The van der Waals surface area contributed by atoms with Gasteiger partial charge in [-0.25, -0.2) is 9.97 Å². The molecule has 5 heteroatoms. The normalized spacial score (nSPS) is 25.4. The molecule has 0 saturated heterocycles. The van der Waals surface area contributed by atoms with Gasteiger partial charge < -0.3 is 11.1 Å². The Balaban J connectivity index is 2.05. The lowest BCUT2D eigenvalue weighted by Gasteiger charge is -2.31. The molecule has 0 spiro atoms. The second-order valence-corrected chi connectivity index (χ2v) is 4.66. The summed E-state index contributed by atoms with van der Waals surface area (Å²) in [6.45, 7) is 0.723. The zero-order valence-electron chi connectivity index (χ0n) is 9.19. The molecule has 1 aromatic rings. The Bertz CT molecular complexity index is 345. The molecule has 1 aliphatic rings. The van der Waals surface area contributed by atoms with Crippen molar-refractivity contribution in [2.45, 2.75) is 31.7 Å². The number of rotatable bonds is 3. The number of hydrogen-bond donors (Lipinski definition) is 2. The maximum Gasteiger partial charge on any atom is 0.148 e. The topological polar surface area (TPSA) is 63.8 Å². The summed E-state index contributed by atoms with van der Waals surface area (Å²) in [6, 6.07) is 0.395. The molecule has 2 unspecified atom stereocenters. The monoisotopic (exact) mass is 240 g/mol. The Hall–Kier alpha value is -0.870. The van der Waals surface area contributed by atoms with E-state index in [1.54, 1.807) is 6.20 Å². The van der Waals surface area contributed by atoms with Gasteiger partial charge in [0.1, 0.15) is 17.2 Å². The fourth-order valence-corrected chi connectivity index (χ4v) is 2.43. The summed E-state index contributed by atoms with van der Waals surface area (Å²) in [5, 5.41) is 3.96. The van der Waals surface area contributed by atoms with E-state index in [1.807, 2.05) is 0 Å². The van der Waals surface area contributed by atoms with Gasteiger partial charge in [0, 0.05) is 6.04 Å². The van der Waals surface area contributed by atoms with E-state index in [9.17, 15) is 0 Å². The molecule has 3 N–H and O–H groups in total. The molecule has 1 aromatic heterocycles. The fourth-order valence-electron chi connectivity index (χ4n) is 2.27. The van der Waals surface area contributed by atoms with E-state index in [4.69, 9.17) is 17.3 Å². The Morgan fingerprint density at radius 1 is 1.44 bits per heavy atom. The van der Waals surface area contributed by atoms with Gasteiger partial charge in [0.15, 0.2) is 0 Å². The average molecular weight is 241 g/mol. The lowest BCUT2D eigenvalue weighted by molar-refractivity contribution is 0.332. The molecule has 0 aromatic carbocycles. The van der Waals surface area contributed by atoms with E-state index >= 15 is 0 Å². The van der Waals surface area contributed by atoms with Crippen molar-refractivity contribution in [1.29, 1.82) is 0 Å². The molecule has 1 heterocycles. The molecule has 1 saturated carbocycles. The van der Waals surface area contributed by atoms with Crippen LogP contribution in [-0.4, -0.2) is 22.6 Å². The van der Waals surface area contributed by atoms with Gasteiger partial charge in [0.05, 0.1) is 6.20 Å². The van der Waals surface area contributed by atoms with E-state index in [0.29, 0.717) is 17.0 Å². The minimum absolute atomic E-state index is 0.395. The van der Waals surface area contributed by atoms with Crippen molar-refractivity contribution in [3.05, 3.63) is 17.5 Å². The molecule has 88 valence electrons. The quantitative estimate of drug-likeness (QED) is 0.849. The first-order valence-electron chi connectivity index (χ1n) is 5.73. The zero-order chi connectivity index (χ0) is 11.4. The van der Waals surface area contributed by atoms with Crippen LogP contribution < -0.4 is 11.1 Å². The maximum atomic E-state index is 6.02. The Morgan fingerprint density at radius 3 is 3.00 bits per heavy atom. The van der Waals surface area contributed by atoms with Crippen molar-refractivity contribution in [2.75, 3.05) is 11.9 Å². The molecule has 1 aliphatic carbocycles. The van der Waals surface area contributed by atoms with E-state index in [1.165, 1.54) is 25.6 Å². The minimum Gasteiger partial charge on any atom is -0.366 e. The fraction of sp³-hybridized carbons (Fsp3) is 0.636. The molecule has 2 atom stereocenters. The third-order valence-electron chi connectivity index (χ3n) is 3.20. The summed E-state index contributed by atoms with van der Waals surface area (Å²) in [4.78, 5) is 8.02. The van der Waals surface area contributed by atoms with Crippen molar-refractivity contribution in [2.24, 2.45) is 11.7 Å². The first-order chi connectivity index (χ1) is 7.81. The van der Waals surface area contributed by atoms with E-state index in [0.717, 1.165) is 18.8 Å². The van der Waals surface area contributed by atoms with Crippen molar-refractivity contribution in [1.82, 2.24) is 9.97 Å². The predicted molar refractivity (Wildman–Crippen MR) is 65.5 cm³/mol. The predicted octanol–water partition coefficient (Wildman–Crippen LogP) is 2.06. The van der Waals surface area contributed by atoms with Crippen LogP contribution in [0.25, 0.3) is 0 Å². The number of nitrogens with two attached hydrogens (primary N) is 1. The summed E-state index contributed by atoms with van der Waals surface area (Å²) in [5.74, 6) is 1.25. The first kappa shape index (κ1) is 11.6. The summed E-state index contributed by atoms with van der Waals surface area (Å²) in [6.07, 6.45) is 7.97. The highest BCUT2D eigenvalue weighted by atomic mass is 35.5. The SMILES string of the molecule is NCC1CCCCC1Nc1ncncc1Cl. The lowest BCUT2D eigenvalue weighted by atomic mass is 9.84. The first-order valence-corrected chi connectivity index (χ1v) is 6.11. The third kappa shape index (κ3) is 2.62. The number of anilines is 1. The largest absolute Gasteiger partial charge is 0.366 e. The van der Waals surface area contributed by atoms with Gasteiger partial charge >= 0.3 is 0 Å².